The van der Waals surface area contributed by atoms with E-state index in [0.717, 1.165) is 17.1 Å². The molecule has 108 valence electrons. The highest BCUT2D eigenvalue weighted by Crippen LogP contribution is 2.26. The van der Waals surface area contributed by atoms with Crippen molar-refractivity contribution in [2.75, 3.05) is 11.9 Å². The Kier molecular flexibility index (Phi) is 5.14. The molecule has 0 aliphatic carbocycles. The topological polar surface area (TPSA) is 51.2 Å². The van der Waals surface area contributed by atoms with E-state index in [4.69, 9.17) is 4.74 Å². The molecule has 2 heterocycles. The number of nitrogens with one attached hydrogen (secondary N) is 1. The molecule has 0 aromatic carbocycles. The Labute approximate surface area is 127 Å². The number of ether oxygens (including phenoxy) is 1. The second kappa shape index (κ2) is 6.85. The molecule has 0 fully saturated rings. The molecule has 0 spiro atoms. The number of hydrogen-bond acceptors (Lipinski definition) is 6. The minimum atomic E-state index is -0.301. The molecule has 0 amide bonds. The Morgan fingerprint density at radius 2 is 2.35 bits per heavy atom. The molecule has 4 nitrogen and oxygen atoms in total. The van der Waals surface area contributed by atoms with Gasteiger partial charge in [-0.3, -0.25) is 0 Å². The van der Waals surface area contributed by atoms with Gasteiger partial charge in [-0.05, 0) is 43.8 Å². The van der Waals surface area contributed by atoms with Crippen molar-refractivity contribution in [3.63, 3.8) is 0 Å². The highest BCUT2D eigenvalue weighted by atomic mass is 32.1. The molecule has 2 aromatic rings. The first-order chi connectivity index (χ1) is 9.61. The van der Waals surface area contributed by atoms with Crippen LogP contribution in [-0.2, 0) is 11.2 Å². The summed E-state index contributed by atoms with van der Waals surface area (Å²) >= 11 is 3.05. The summed E-state index contributed by atoms with van der Waals surface area (Å²) in [5.41, 5.74) is 1.29. The molecule has 0 aliphatic rings. The van der Waals surface area contributed by atoms with Crippen molar-refractivity contribution in [1.29, 1.82) is 0 Å². The zero-order chi connectivity index (χ0) is 14.5. The Hall–Kier alpha value is -1.40. The van der Waals surface area contributed by atoms with Crippen LogP contribution in [0.5, 0.6) is 0 Å². The molecular formula is C14H18N2O2S2. The van der Waals surface area contributed by atoms with E-state index >= 15 is 0 Å². The van der Waals surface area contributed by atoms with Gasteiger partial charge in [0.15, 0.2) is 0 Å². The third-order valence-corrected chi connectivity index (χ3v) is 4.58. The van der Waals surface area contributed by atoms with Crippen molar-refractivity contribution in [3.05, 3.63) is 33.6 Å². The van der Waals surface area contributed by atoms with Gasteiger partial charge in [0, 0.05) is 17.3 Å². The zero-order valence-corrected chi connectivity index (χ0v) is 13.4. The van der Waals surface area contributed by atoms with Gasteiger partial charge in [0.2, 0.25) is 0 Å². The number of anilines is 1. The van der Waals surface area contributed by atoms with Gasteiger partial charge in [-0.25, -0.2) is 4.79 Å². The lowest BCUT2D eigenvalue weighted by Crippen LogP contribution is -2.19. The zero-order valence-electron chi connectivity index (χ0n) is 11.8. The fraction of sp³-hybridized carbons (Fsp3) is 0.429. The summed E-state index contributed by atoms with van der Waals surface area (Å²) in [6.07, 6.45) is 0.927. The van der Waals surface area contributed by atoms with Gasteiger partial charge in [0.05, 0.1) is 12.3 Å². The van der Waals surface area contributed by atoms with Crippen LogP contribution in [0.3, 0.4) is 0 Å². The number of esters is 1. The van der Waals surface area contributed by atoms with Crippen LogP contribution in [0.15, 0.2) is 17.5 Å². The van der Waals surface area contributed by atoms with Crippen LogP contribution in [0, 0.1) is 6.92 Å². The summed E-state index contributed by atoms with van der Waals surface area (Å²) in [6.45, 7) is 6.11. The fourth-order valence-electron chi connectivity index (χ4n) is 1.92. The van der Waals surface area contributed by atoms with Crippen LogP contribution >= 0.6 is 22.9 Å². The van der Waals surface area contributed by atoms with E-state index in [2.05, 4.69) is 28.1 Å². The van der Waals surface area contributed by atoms with Crippen molar-refractivity contribution in [1.82, 2.24) is 4.37 Å². The molecule has 1 unspecified atom stereocenters. The molecule has 20 heavy (non-hydrogen) atoms. The first-order valence-electron chi connectivity index (χ1n) is 6.54. The van der Waals surface area contributed by atoms with E-state index in [1.54, 1.807) is 18.3 Å². The minimum absolute atomic E-state index is 0.238. The van der Waals surface area contributed by atoms with Gasteiger partial charge in [0.25, 0.3) is 0 Å². The largest absolute Gasteiger partial charge is 0.462 e. The highest BCUT2D eigenvalue weighted by Gasteiger charge is 2.20. The molecule has 2 rings (SSSR count). The van der Waals surface area contributed by atoms with Crippen molar-refractivity contribution in [2.45, 2.75) is 33.2 Å². The molecule has 1 N–H and O–H groups in total. The van der Waals surface area contributed by atoms with Crippen molar-refractivity contribution < 1.29 is 9.53 Å². The molecule has 2 aromatic heterocycles. The molecule has 1 atom stereocenters. The number of nitrogens with zero attached hydrogens (tertiary/aromatic N) is 1. The van der Waals surface area contributed by atoms with E-state index in [1.165, 1.54) is 16.4 Å². The van der Waals surface area contributed by atoms with E-state index in [1.807, 2.05) is 13.0 Å². The van der Waals surface area contributed by atoms with Gasteiger partial charge in [0.1, 0.15) is 10.6 Å². The number of carbonyl (C=O) groups is 1. The van der Waals surface area contributed by atoms with Gasteiger partial charge in [-0.1, -0.05) is 6.07 Å². The molecule has 6 heteroatoms. The number of aryl methyl sites for hydroxylation is 1. The first-order valence-corrected chi connectivity index (χ1v) is 8.19. The maximum atomic E-state index is 12.0. The van der Waals surface area contributed by atoms with Crippen LogP contribution in [0.2, 0.25) is 0 Å². The first kappa shape index (κ1) is 15.0. The van der Waals surface area contributed by atoms with Gasteiger partial charge >= 0.3 is 5.97 Å². The third kappa shape index (κ3) is 3.58. The standard InChI is InChI=1S/C14H18N2O2S2/c1-4-18-14(17)12-10(3)16-20-13(12)15-9(2)8-11-6-5-7-19-11/h5-7,9,15H,4,8H2,1-3H3. The van der Waals surface area contributed by atoms with E-state index in [9.17, 15) is 4.79 Å². The summed E-state index contributed by atoms with van der Waals surface area (Å²) in [7, 11) is 0. The number of hydrogen-bond donors (Lipinski definition) is 1. The highest BCUT2D eigenvalue weighted by molar-refractivity contribution is 7.10. The number of thiophene rings is 1. The molecular weight excluding hydrogens is 292 g/mol. The van der Waals surface area contributed by atoms with Gasteiger partial charge in [-0.2, -0.15) is 4.37 Å². The van der Waals surface area contributed by atoms with E-state index < -0.39 is 0 Å². The molecule has 0 saturated heterocycles. The quantitative estimate of drug-likeness (QED) is 0.826. The number of carbonyl (C=O) groups excluding carboxylic acids is 1. The van der Waals surface area contributed by atoms with Crippen molar-refractivity contribution in [3.8, 4) is 0 Å². The lowest BCUT2D eigenvalue weighted by atomic mass is 10.2. The van der Waals surface area contributed by atoms with Crippen molar-refractivity contribution in [2.24, 2.45) is 0 Å². The molecule has 0 bridgehead atoms. The lowest BCUT2D eigenvalue weighted by Gasteiger charge is -2.13. The predicted molar refractivity (Wildman–Crippen MR) is 83.9 cm³/mol. The summed E-state index contributed by atoms with van der Waals surface area (Å²) in [6, 6.07) is 4.40. The summed E-state index contributed by atoms with van der Waals surface area (Å²) < 4.78 is 9.34. The van der Waals surface area contributed by atoms with Crippen LogP contribution in [0.25, 0.3) is 0 Å². The van der Waals surface area contributed by atoms with E-state index in [-0.39, 0.29) is 12.0 Å². The maximum absolute atomic E-state index is 12.0. The summed E-state index contributed by atoms with van der Waals surface area (Å²) in [5.74, 6) is -0.301. The number of aromatic nitrogens is 1. The SMILES string of the molecule is CCOC(=O)c1c(C)nsc1NC(C)Cc1cccs1. The van der Waals surface area contributed by atoms with Crippen LogP contribution in [0.1, 0.15) is 34.8 Å². The Balaban J connectivity index is 2.07. The fourth-order valence-corrected chi connectivity index (χ4v) is 3.65. The average molecular weight is 310 g/mol. The van der Waals surface area contributed by atoms with Crippen LogP contribution in [0.4, 0.5) is 5.00 Å². The summed E-state index contributed by atoms with van der Waals surface area (Å²) in [5, 5.41) is 6.24. The molecule has 0 radical (unpaired) electrons. The average Bonchev–Trinajstić information content (AvgIpc) is 3.00. The molecule has 0 aliphatic heterocycles. The monoisotopic (exact) mass is 310 g/mol. The van der Waals surface area contributed by atoms with Crippen LogP contribution < -0.4 is 5.32 Å². The Morgan fingerprint density at radius 3 is 3.00 bits per heavy atom. The second-order valence-corrected chi connectivity index (χ2v) is 6.33. The summed E-state index contributed by atoms with van der Waals surface area (Å²) in [4.78, 5) is 13.3. The Bertz CT molecular complexity index is 564. The van der Waals surface area contributed by atoms with Crippen molar-refractivity contribution >= 4 is 33.8 Å². The maximum Gasteiger partial charge on any atom is 0.343 e. The lowest BCUT2D eigenvalue weighted by molar-refractivity contribution is 0.0527. The molecule has 0 saturated carbocycles. The van der Waals surface area contributed by atoms with Gasteiger partial charge < -0.3 is 10.1 Å². The normalized spacial score (nSPS) is 12.2. The smallest absolute Gasteiger partial charge is 0.343 e. The van der Waals surface area contributed by atoms with Crippen LogP contribution in [-0.4, -0.2) is 23.0 Å². The van der Waals surface area contributed by atoms with E-state index in [0.29, 0.717) is 12.2 Å². The van der Waals surface area contributed by atoms with Gasteiger partial charge in [-0.15, -0.1) is 11.3 Å². The Morgan fingerprint density at radius 1 is 1.55 bits per heavy atom. The minimum Gasteiger partial charge on any atom is -0.462 e. The number of rotatable bonds is 6. The second-order valence-electron chi connectivity index (χ2n) is 4.52. The third-order valence-electron chi connectivity index (χ3n) is 2.81. The predicted octanol–water partition coefficient (Wildman–Crippen LogP) is 3.73.